The van der Waals surface area contributed by atoms with Gasteiger partial charge in [0.2, 0.25) is 0 Å². The Morgan fingerprint density at radius 1 is 1.44 bits per heavy atom. The minimum atomic E-state index is -0.653. The van der Waals surface area contributed by atoms with Gasteiger partial charge in [-0.2, -0.15) is 0 Å². The van der Waals surface area contributed by atoms with Gasteiger partial charge < -0.3 is 9.84 Å². The van der Waals surface area contributed by atoms with Crippen molar-refractivity contribution in [3.05, 3.63) is 0 Å². The summed E-state index contributed by atoms with van der Waals surface area (Å²) in [6, 6.07) is 0.105. The lowest BCUT2D eigenvalue weighted by molar-refractivity contribution is -0.150. The smallest absolute Gasteiger partial charge is 0.320 e. The fraction of sp³-hybridized carbons (Fsp3) is 0.929. The van der Waals surface area contributed by atoms with Crippen LogP contribution in [0, 0.1) is 0 Å². The lowest BCUT2D eigenvalue weighted by Crippen LogP contribution is -2.54. The number of piperidine rings is 1. The molecule has 2 saturated heterocycles. The van der Waals surface area contributed by atoms with Crippen LogP contribution in [0.2, 0.25) is 0 Å². The zero-order valence-electron chi connectivity index (χ0n) is 11.5. The second kappa shape index (κ2) is 5.57. The molecule has 2 aliphatic rings. The molecule has 4 nitrogen and oxygen atoms in total. The van der Waals surface area contributed by atoms with E-state index in [4.69, 9.17) is 4.74 Å². The number of carboxylic acid groups (broad SMARTS) is 1. The van der Waals surface area contributed by atoms with Crippen LogP contribution in [0.4, 0.5) is 0 Å². The van der Waals surface area contributed by atoms with E-state index in [9.17, 15) is 9.90 Å². The quantitative estimate of drug-likeness (QED) is 0.840. The molecule has 1 N–H and O–H groups in total. The number of aliphatic carboxylic acids is 1. The molecule has 2 aliphatic heterocycles. The molecule has 18 heavy (non-hydrogen) atoms. The molecule has 0 bridgehead atoms. The van der Waals surface area contributed by atoms with Crippen LogP contribution in [0.25, 0.3) is 0 Å². The Hall–Kier alpha value is -0.610. The minimum absolute atomic E-state index is 0.0661. The molecule has 0 radical (unpaired) electrons. The number of nitrogens with zero attached hydrogens (tertiary/aromatic N) is 1. The molecule has 4 heteroatoms. The Kier molecular flexibility index (Phi) is 4.28. The molecule has 0 spiro atoms. The highest BCUT2D eigenvalue weighted by molar-refractivity contribution is 5.73. The Morgan fingerprint density at radius 2 is 2.22 bits per heavy atom. The van der Waals surface area contributed by atoms with Crippen molar-refractivity contribution in [2.24, 2.45) is 0 Å². The Morgan fingerprint density at radius 3 is 2.89 bits per heavy atom. The number of likely N-dealkylation sites (tertiary alicyclic amines) is 1. The fourth-order valence-electron chi connectivity index (χ4n) is 3.29. The van der Waals surface area contributed by atoms with Gasteiger partial charge in [-0.15, -0.1) is 0 Å². The van der Waals surface area contributed by atoms with Gasteiger partial charge in [0.1, 0.15) is 6.04 Å². The topological polar surface area (TPSA) is 49.8 Å². The van der Waals surface area contributed by atoms with E-state index in [2.05, 4.69) is 18.7 Å². The predicted octanol–water partition coefficient (Wildman–Crippen LogP) is 2.27. The third-order valence-corrected chi connectivity index (χ3v) is 4.62. The summed E-state index contributed by atoms with van der Waals surface area (Å²) < 4.78 is 5.86. The van der Waals surface area contributed by atoms with Crippen LogP contribution in [-0.2, 0) is 9.53 Å². The van der Waals surface area contributed by atoms with Crippen molar-refractivity contribution in [1.29, 1.82) is 0 Å². The number of hydrogen-bond donors (Lipinski definition) is 1. The fourth-order valence-corrected chi connectivity index (χ4v) is 3.29. The van der Waals surface area contributed by atoms with Gasteiger partial charge in [0.25, 0.3) is 0 Å². The Bertz CT molecular complexity index is 307. The third-order valence-electron chi connectivity index (χ3n) is 4.62. The molecule has 0 saturated carbocycles. The number of rotatable bonds is 3. The van der Waals surface area contributed by atoms with E-state index in [-0.39, 0.29) is 11.6 Å². The van der Waals surface area contributed by atoms with Crippen LogP contribution in [0.1, 0.15) is 52.4 Å². The Balaban J connectivity index is 2.06. The molecule has 0 aromatic carbocycles. The average molecular weight is 255 g/mol. The summed E-state index contributed by atoms with van der Waals surface area (Å²) >= 11 is 0. The normalized spacial score (nSPS) is 38.6. The average Bonchev–Trinajstić information content (AvgIpc) is 2.39. The zero-order valence-corrected chi connectivity index (χ0v) is 11.5. The summed E-state index contributed by atoms with van der Waals surface area (Å²) in [5, 5.41) is 9.35. The number of carbonyl (C=O) groups is 1. The first-order chi connectivity index (χ1) is 8.56. The van der Waals surface area contributed by atoms with E-state index in [1.54, 1.807) is 0 Å². The van der Waals surface area contributed by atoms with Crippen molar-refractivity contribution < 1.29 is 14.6 Å². The second-order valence-electron chi connectivity index (χ2n) is 5.89. The standard InChI is InChI=1S/C14H25NO3/c1-3-14(2)10-11(7-9-18-14)15-8-5-4-6-12(15)13(16)17/h11-12H,3-10H2,1-2H3,(H,16,17). The summed E-state index contributed by atoms with van der Waals surface area (Å²) in [4.78, 5) is 13.6. The highest BCUT2D eigenvalue weighted by Gasteiger charge is 2.39. The SMILES string of the molecule is CCC1(C)CC(N2CCCCC2C(=O)O)CCO1. The highest BCUT2D eigenvalue weighted by Crippen LogP contribution is 2.33. The number of carboxylic acids is 1. The first-order valence-electron chi connectivity index (χ1n) is 7.18. The molecule has 3 unspecified atom stereocenters. The molecule has 104 valence electrons. The van der Waals surface area contributed by atoms with Crippen molar-refractivity contribution in [2.75, 3.05) is 13.2 Å². The summed E-state index contributed by atoms with van der Waals surface area (Å²) in [6.45, 7) is 5.99. The van der Waals surface area contributed by atoms with Gasteiger partial charge in [0.05, 0.1) is 5.60 Å². The summed E-state index contributed by atoms with van der Waals surface area (Å²) in [5.41, 5.74) is -0.0661. The van der Waals surface area contributed by atoms with E-state index >= 15 is 0 Å². The van der Waals surface area contributed by atoms with Crippen LogP contribution in [0.3, 0.4) is 0 Å². The minimum Gasteiger partial charge on any atom is -0.480 e. The number of hydrogen-bond acceptors (Lipinski definition) is 3. The maximum atomic E-state index is 11.4. The van der Waals surface area contributed by atoms with Crippen molar-refractivity contribution in [2.45, 2.75) is 70.1 Å². The summed E-state index contributed by atoms with van der Waals surface area (Å²) in [7, 11) is 0. The van der Waals surface area contributed by atoms with Crippen LogP contribution in [-0.4, -0.2) is 46.8 Å². The molecule has 0 aromatic heterocycles. The molecule has 0 amide bonds. The second-order valence-corrected chi connectivity index (χ2v) is 5.89. The molecular weight excluding hydrogens is 230 g/mol. The molecule has 0 aromatic rings. The zero-order chi connectivity index (χ0) is 13.2. The lowest BCUT2D eigenvalue weighted by atomic mass is 9.87. The number of ether oxygens (including phenoxy) is 1. The molecule has 2 rings (SSSR count). The molecule has 2 fully saturated rings. The van der Waals surface area contributed by atoms with Gasteiger partial charge in [-0.1, -0.05) is 13.3 Å². The van der Waals surface area contributed by atoms with Gasteiger partial charge in [-0.3, -0.25) is 9.69 Å². The first kappa shape index (κ1) is 13.8. The molecule has 2 heterocycles. The largest absolute Gasteiger partial charge is 0.480 e. The lowest BCUT2D eigenvalue weighted by Gasteiger charge is -2.46. The maximum absolute atomic E-state index is 11.4. The molecule has 3 atom stereocenters. The Labute approximate surface area is 109 Å². The van der Waals surface area contributed by atoms with Gasteiger partial charge in [-0.05, 0) is 45.6 Å². The van der Waals surface area contributed by atoms with Crippen molar-refractivity contribution in [1.82, 2.24) is 4.90 Å². The van der Waals surface area contributed by atoms with Crippen LogP contribution < -0.4 is 0 Å². The monoisotopic (exact) mass is 255 g/mol. The van der Waals surface area contributed by atoms with Gasteiger partial charge in [-0.25, -0.2) is 0 Å². The van der Waals surface area contributed by atoms with E-state index in [0.717, 1.165) is 51.7 Å². The highest BCUT2D eigenvalue weighted by atomic mass is 16.5. The summed E-state index contributed by atoms with van der Waals surface area (Å²) in [6.07, 6.45) is 5.91. The molecule has 0 aliphatic carbocycles. The van der Waals surface area contributed by atoms with Crippen LogP contribution in [0.15, 0.2) is 0 Å². The van der Waals surface area contributed by atoms with E-state index < -0.39 is 5.97 Å². The van der Waals surface area contributed by atoms with Gasteiger partial charge in [0.15, 0.2) is 0 Å². The van der Waals surface area contributed by atoms with Gasteiger partial charge in [0, 0.05) is 12.6 Å². The third kappa shape index (κ3) is 2.86. The van der Waals surface area contributed by atoms with E-state index in [1.807, 2.05) is 0 Å². The molecular formula is C14H25NO3. The summed E-state index contributed by atoms with van der Waals surface area (Å²) in [5.74, 6) is -0.653. The van der Waals surface area contributed by atoms with Crippen molar-refractivity contribution >= 4 is 5.97 Å². The predicted molar refractivity (Wildman–Crippen MR) is 69.7 cm³/mol. The van der Waals surface area contributed by atoms with E-state index in [0.29, 0.717) is 6.04 Å². The van der Waals surface area contributed by atoms with E-state index in [1.165, 1.54) is 0 Å². The van der Waals surface area contributed by atoms with Crippen LogP contribution in [0.5, 0.6) is 0 Å². The van der Waals surface area contributed by atoms with Crippen molar-refractivity contribution in [3.8, 4) is 0 Å². The van der Waals surface area contributed by atoms with Crippen molar-refractivity contribution in [3.63, 3.8) is 0 Å². The maximum Gasteiger partial charge on any atom is 0.320 e. The van der Waals surface area contributed by atoms with Crippen LogP contribution >= 0.6 is 0 Å². The first-order valence-corrected chi connectivity index (χ1v) is 7.18. The van der Waals surface area contributed by atoms with Gasteiger partial charge >= 0.3 is 5.97 Å².